The van der Waals surface area contributed by atoms with Crippen molar-refractivity contribution in [3.8, 4) is 5.75 Å². The fourth-order valence-electron chi connectivity index (χ4n) is 1.49. The van der Waals surface area contributed by atoms with Crippen molar-refractivity contribution in [3.05, 3.63) is 64.1 Å². The van der Waals surface area contributed by atoms with Gasteiger partial charge in [0.2, 0.25) is 0 Å². The van der Waals surface area contributed by atoms with Crippen LogP contribution < -0.4 is 10.2 Å². The number of hydrazone groups is 1. The molecule has 0 saturated heterocycles. The molecule has 2 rings (SSSR count). The maximum Gasteiger partial charge on any atom is 0.277 e. The molecular formula is C15H12Cl2N2O2. The molecule has 2 aromatic rings. The molecule has 1 N–H and O–H groups in total. The van der Waals surface area contributed by atoms with Crippen LogP contribution >= 0.6 is 23.2 Å². The van der Waals surface area contributed by atoms with Gasteiger partial charge in [0.05, 0.1) is 6.21 Å². The van der Waals surface area contributed by atoms with Gasteiger partial charge in [0, 0.05) is 15.6 Å². The Kier molecular flexibility index (Phi) is 5.60. The van der Waals surface area contributed by atoms with Gasteiger partial charge in [-0.3, -0.25) is 4.79 Å². The van der Waals surface area contributed by atoms with Gasteiger partial charge in [-0.2, -0.15) is 5.10 Å². The molecule has 21 heavy (non-hydrogen) atoms. The predicted molar refractivity (Wildman–Crippen MR) is 84.1 cm³/mol. The molecule has 0 aliphatic rings. The Bertz CT molecular complexity index is 660. The number of hydrogen-bond donors (Lipinski definition) is 1. The lowest BCUT2D eigenvalue weighted by Gasteiger charge is -2.05. The molecular weight excluding hydrogens is 311 g/mol. The summed E-state index contributed by atoms with van der Waals surface area (Å²) in [4.78, 5) is 11.6. The van der Waals surface area contributed by atoms with Crippen molar-refractivity contribution in [2.45, 2.75) is 0 Å². The van der Waals surface area contributed by atoms with Gasteiger partial charge in [0.15, 0.2) is 6.61 Å². The molecule has 0 radical (unpaired) electrons. The van der Waals surface area contributed by atoms with Gasteiger partial charge in [-0.15, -0.1) is 0 Å². The van der Waals surface area contributed by atoms with Crippen molar-refractivity contribution in [3.63, 3.8) is 0 Å². The quantitative estimate of drug-likeness (QED) is 0.676. The van der Waals surface area contributed by atoms with Crippen LogP contribution in [0.1, 0.15) is 5.56 Å². The third-order valence-electron chi connectivity index (χ3n) is 2.46. The van der Waals surface area contributed by atoms with Gasteiger partial charge in [-0.05, 0) is 24.3 Å². The predicted octanol–water partition coefficient (Wildman–Crippen LogP) is 3.52. The first-order chi connectivity index (χ1) is 10.1. The van der Waals surface area contributed by atoms with Gasteiger partial charge in [0.1, 0.15) is 5.75 Å². The van der Waals surface area contributed by atoms with Crippen LogP contribution in [-0.2, 0) is 4.79 Å². The van der Waals surface area contributed by atoms with Crippen molar-refractivity contribution in [2.75, 3.05) is 6.61 Å². The molecule has 0 heterocycles. The molecule has 0 unspecified atom stereocenters. The second-order valence-electron chi connectivity index (χ2n) is 4.06. The zero-order chi connectivity index (χ0) is 15.1. The topological polar surface area (TPSA) is 50.7 Å². The maximum absolute atomic E-state index is 11.6. The molecule has 6 heteroatoms. The third kappa shape index (κ3) is 5.10. The van der Waals surface area contributed by atoms with E-state index in [0.29, 0.717) is 15.8 Å². The van der Waals surface area contributed by atoms with Gasteiger partial charge in [0.25, 0.3) is 5.91 Å². The third-order valence-corrected chi connectivity index (χ3v) is 3.04. The number of carbonyl (C=O) groups is 1. The highest BCUT2D eigenvalue weighted by Crippen LogP contribution is 2.16. The van der Waals surface area contributed by atoms with Crippen LogP contribution in [0, 0.1) is 0 Å². The number of nitrogens with zero attached hydrogens (tertiary/aromatic N) is 1. The number of amides is 1. The van der Waals surface area contributed by atoms with E-state index in [1.807, 2.05) is 12.1 Å². The summed E-state index contributed by atoms with van der Waals surface area (Å²) in [6.07, 6.45) is 1.47. The normalized spacial score (nSPS) is 10.6. The highest BCUT2D eigenvalue weighted by atomic mass is 35.5. The van der Waals surface area contributed by atoms with Crippen molar-refractivity contribution in [1.82, 2.24) is 5.43 Å². The first kappa shape index (κ1) is 15.4. The lowest BCUT2D eigenvalue weighted by atomic mass is 10.2. The van der Waals surface area contributed by atoms with E-state index in [2.05, 4.69) is 10.5 Å². The van der Waals surface area contributed by atoms with E-state index >= 15 is 0 Å². The van der Waals surface area contributed by atoms with Crippen LogP contribution in [-0.4, -0.2) is 18.7 Å². The molecule has 0 fully saturated rings. The van der Waals surface area contributed by atoms with Crippen molar-refractivity contribution < 1.29 is 9.53 Å². The van der Waals surface area contributed by atoms with Gasteiger partial charge >= 0.3 is 0 Å². The van der Waals surface area contributed by atoms with Crippen molar-refractivity contribution >= 4 is 35.3 Å². The Balaban J connectivity index is 1.81. The Morgan fingerprint density at radius 2 is 2.00 bits per heavy atom. The van der Waals surface area contributed by atoms with Crippen LogP contribution in [0.25, 0.3) is 0 Å². The highest BCUT2D eigenvalue weighted by Gasteiger charge is 2.02. The number of halogens is 2. The van der Waals surface area contributed by atoms with Crippen LogP contribution in [0.4, 0.5) is 0 Å². The minimum Gasteiger partial charge on any atom is -0.484 e. The summed E-state index contributed by atoms with van der Waals surface area (Å²) in [7, 11) is 0. The van der Waals surface area contributed by atoms with Crippen molar-refractivity contribution in [1.29, 1.82) is 0 Å². The van der Waals surface area contributed by atoms with Gasteiger partial charge in [-0.1, -0.05) is 47.5 Å². The first-order valence-electron chi connectivity index (χ1n) is 6.10. The Labute approximate surface area is 132 Å². The van der Waals surface area contributed by atoms with Crippen LogP contribution in [0.15, 0.2) is 53.6 Å². The molecule has 4 nitrogen and oxygen atoms in total. The van der Waals surface area contributed by atoms with E-state index in [9.17, 15) is 4.79 Å². The molecule has 108 valence electrons. The number of carbonyl (C=O) groups excluding carboxylic acids is 1. The molecule has 0 atom stereocenters. The molecule has 0 saturated carbocycles. The molecule has 1 amide bonds. The minimum absolute atomic E-state index is 0.153. The van der Waals surface area contributed by atoms with E-state index in [4.69, 9.17) is 27.9 Å². The standard InChI is InChI=1S/C15H12Cl2N2O2/c16-12-5-3-6-13(8-12)21-10-15(20)19-18-9-11-4-1-2-7-14(11)17/h1-9H,10H2,(H,19,20)/b18-9-. The summed E-state index contributed by atoms with van der Waals surface area (Å²) in [6, 6.07) is 14.0. The number of benzene rings is 2. The number of ether oxygens (including phenoxy) is 1. The summed E-state index contributed by atoms with van der Waals surface area (Å²) >= 11 is 11.8. The average Bonchev–Trinajstić information content (AvgIpc) is 2.47. The smallest absolute Gasteiger partial charge is 0.277 e. The number of rotatable bonds is 5. The average molecular weight is 323 g/mol. The summed E-state index contributed by atoms with van der Waals surface area (Å²) in [5.41, 5.74) is 3.07. The van der Waals surface area contributed by atoms with Crippen LogP contribution in [0.2, 0.25) is 10.0 Å². The fourth-order valence-corrected chi connectivity index (χ4v) is 1.86. The molecule has 2 aromatic carbocycles. The summed E-state index contributed by atoms with van der Waals surface area (Å²) < 4.78 is 5.28. The summed E-state index contributed by atoms with van der Waals surface area (Å²) in [5, 5.41) is 4.92. The zero-order valence-corrected chi connectivity index (χ0v) is 12.4. The minimum atomic E-state index is -0.377. The molecule has 0 aliphatic carbocycles. The fraction of sp³-hybridized carbons (Fsp3) is 0.0667. The van der Waals surface area contributed by atoms with Gasteiger partial charge < -0.3 is 4.74 Å². The highest BCUT2D eigenvalue weighted by molar-refractivity contribution is 6.33. The monoisotopic (exact) mass is 322 g/mol. The molecule has 0 aromatic heterocycles. The maximum atomic E-state index is 11.6. The summed E-state index contributed by atoms with van der Waals surface area (Å²) in [6.45, 7) is -0.153. The number of nitrogens with one attached hydrogen (secondary N) is 1. The Hall–Kier alpha value is -2.04. The largest absolute Gasteiger partial charge is 0.484 e. The first-order valence-corrected chi connectivity index (χ1v) is 6.85. The van der Waals surface area contributed by atoms with E-state index in [1.54, 1.807) is 36.4 Å². The van der Waals surface area contributed by atoms with E-state index < -0.39 is 0 Å². The van der Waals surface area contributed by atoms with E-state index in [1.165, 1.54) is 6.21 Å². The lowest BCUT2D eigenvalue weighted by molar-refractivity contribution is -0.123. The van der Waals surface area contributed by atoms with Gasteiger partial charge in [-0.25, -0.2) is 5.43 Å². The molecule has 0 spiro atoms. The van der Waals surface area contributed by atoms with Crippen LogP contribution in [0.3, 0.4) is 0 Å². The Morgan fingerprint density at radius 3 is 2.76 bits per heavy atom. The second-order valence-corrected chi connectivity index (χ2v) is 4.90. The Morgan fingerprint density at radius 1 is 1.19 bits per heavy atom. The molecule has 0 bridgehead atoms. The van der Waals surface area contributed by atoms with E-state index in [0.717, 1.165) is 5.56 Å². The van der Waals surface area contributed by atoms with E-state index in [-0.39, 0.29) is 12.5 Å². The van der Waals surface area contributed by atoms with Crippen LogP contribution in [0.5, 0.6) is 5.75 Å². The molecule has 0 aliphatic heterocycles. The summed E-state index contributed by atoms with van der Waals surface area (Å²) in [5.74, 6) is 0.144. The van der Waals surface area contributed by atoms with Crippen molar-refractivity contribution in [2.24, 2.45) is 5.10 Å². The number of hydrogen-bond acceptors (Lipinski definition) is 3. The zero-order valence-electron chi connectivity index (χ0n) is 10.9. The SMILES string of the molecule is O=C(COc1cccc(Cl)c1)N/N=C\c1ccccc1Cl. The second kappa shape index (κ2) is 7.67. The lowest BCUT2D eigenvalue weighted by Crippen LogP contribution is -2.24.